The molecule has 0 radical (unpaired) electrons. The molecule has 0 aliphatic heterocycles. The lowest BCUT2D eigenvalue weighted by atomic mass is 9.94. The number of carbonyl (C=O) groups excluding carboxylic acids is 5. The van der Waals surface area contributed by atoms with Gasteiger partial charge in [-0.1, -0.05) is 30.3 Å². The summed E-state index contributed by atoms with van der Waals surface area (Å²) >= 11 is 0. The molecule has 3 atom stereocenters. The number of rotatable bonds is 11. The minimum Gasteiger partial charge on any atom is -0.465 e. The van der Waals surface area contributed by atoms with Gasteiger partial charge < -0.3 is 28.1 Å². The van der Waals surface area contributed by atoms with Crippen molar-refractivity contribution >= 4 is 63.5 Å². The second-order valence-corrected chi connectivity index (χ2v) is 11.0. The number of amidine groups is 2. The third kappa shape index (κ3) is 9.88. The molecule has 1 heterocycles. The molecule has 15 heteroatoms. The molecular formula is C35H36N4O11. The number of furan rings is 1. The van der Waals surface area contributed by atoms with Gasteiger partial charge in [-0.05, 0) is 60.0 Å². The summed E-state index contributed by atoms with van der Waals surface area (Å²) < 4.78 is 30.8. The van der Waals surface area contributed by atoms with Gasteiger partial charge in [0.05, 0.1) is 6.61 Å². The van der Waals surface area contributed by atoms with Gasteiger partial charge in [0.25, 0.3) is 0 Å². The lowest BCUT2D eigenvalue weighted by Crippen LogP contribution is -2.34. The van der Waals surface area contributed by atoms with Crippen LogP contribution in [0.5, 0.6) is 0 Å². The molecule has 0 saturated heterocycles. The molecule has 4 rings (SSSR count). The van der Waals surface area contributed by atoms with Crippen molar-refractivity contribution in [2.45, 2.75) is 59.5 Å². The van der Waals surface area contributed by atoms with E-state index in [9.17, 15) is 24.0 Å². The van der Waals surface area contributed by atoms with Gasteiger partial charge in [0, 0.05) is 44.2 Å². The maximum absolute atomic E-state index is 13.2. The Morgan fingerprint density at radius 1 is 0.700 bits per heavy atom. The highest BCUT2D eigenvalue weighted by atomic mass is 16.7. The Hall–Kier alpha value is -6.25. The van der Waals surface area contributed by atoms with E-state index in [0.717, 1.165) is 16.3 Å². The summed E-state index contributed by atoms with van der Waals surface area (Å²) in [7, 11) is 0. The van der Waals surface area contributed by atoms with Crippen molar-refractivity contribution in [3.05, 3.63) is 83.1 Å². The Morgan fingerprint density at radius 2 is 1.24 bits per heavy atom. The second-order valence-electron chi connectivity index (χ2n) is 11.0. The van der Waals surface area contributed by atoms with Gasteiger partial charge in [0.2, 0.25) is 12.6 Å². The first kappa shape index (κ1) is 36.6. The SMILES string of the molecule is CCOC(=O)C(Cc1ccc2ccc(C(=N)NC(=O)OC(C)OC(C)=O)cc2c1)c1cc2cc(C(=N)NC(=O)OC(C)OC(C)=O)ccc2o1. The summed E-state index contributed by atoms with van der Waals surface area (Å²) in [5.74, 6) is -2.78. The monoisotopic (exact) mass is 688 g/mol. The number of esters is 3. The molecule has 3 unspecified atom stereocenters. The number of nitrogens with one attached hydrogen (secondary N) is 4. The summed E-state index contributed by atoms with van der Waals surface area (Å²) in [6.07, 6.45) is -4.02. The van der Waals surface area contributed by atoms with Crippen molar-refractivity contribution in [1.29, 1.82) is 10.8 Å². The molecule has 0 saturated carbocycles. The molecule has 50 heavy (non-hydrogen) atoms. The molecule has 4 N–H and O–H groups in total. The number of carbonyl (C=O) groups is 5. The average molecular weight is 689 g/mol. The maximum atomic E-state index is 13.2. The molecule has 1 aromatic heterocycles. The van der Waals surface area contributed by atoms with E-state index in [1.54, 1.807) is 49.4 Å². The van der Waals surface area contributed by atoms with Crippen LogP contribution in [0.15, 0.2) is 65.1 Å². The molecule has 0 aliphatic rings. The molecule has 3 aromatic carbocycles. The smallest absolute Gasteiger partial charge is 0.415 e. The minimum atomic E-state index is -1.14. The van der Waals surface area contributed by atoms with Crippen LogP contribution in [-0.4, -0.2) is 61.0 Å². The van der Waals surface area contributed by atoms with Gasteiger partial charge >= 0.3 is 30.1 Å². The minimum absolute atomic E-state index is 0.146. The topological polar surface area (TPSA) is 216 Å². The summed E-state index contributed by atoms with van der Waals surface area (Å²) in [5, 5.41) is 23.4. The zero-order chi connectivity index (χ0) is 36.5. The molecule has 4 aromatic rings. The van der Waals surface area contributed by atoms with Crippen LogP contribution in [0.2, 0.25) is 0 Å². The van der Waals surface area contributed by atoms with Gasteiger partial charge in [-0.3, -0.25) is 35.8 Å². The number of alkyl carbamates (subject to hydrolysis) is 2. The van der Waals surface area contributed by atoms with Crippen LogP contribution < -0.4 is 10.6 Å². The fourth-order valence-corrected chi connectivity index (χ4v) is 4.97. The van der Waals surface area contributed by atoms with Crippen molar-refractivity contribution < 1.29 is 52.1 Å². The normalized spacial score (nSPS) is 12.6. The number of hydrogen-bond donors (Lipinski definition) is 4. The molecule has 0 spiro atoms. The van der Waals surface area contributed by atoms with Crippen LogP contribution >= 0.6 is 0 Å². The molecule has 0 aliphatic carbocycles. The molecule has 0 bridgehead atoms. The summed E-state index contributed by atoms with van der Waals surface area (Å²) in [5.41, 5.74) is 1.91. The third-order valence-electron chi connectivity index (χ3n) is 7.04. The fraction of sp³-hybridized carbons (Fsp3) is 0.286. The van der Waals surface area contributed by atoms with Crippen LogP contribution in [0.3, 0.4) is 0 Å². The summed E-state index contributed by atoms with van der Waals surface area (Å²) in [6, 6.07) is 17.2. The van der Waals surface area contributed by atoms with Gasteiger partial charge in [0.1, 0.15) is 28.9 Å². The van der Waals surface area contributed by atoms with Crippen LogP contribution in [0.1, 0.15) is 63.0 Å². The molecule has 15 nitrogen and oxygen atoms in total. The largest absolute Gasteiger partial charge is 0.465 e. The zero-order valence-electron chi connectivity index (χ0n) is 27.9. The quantitative estimate of drug-likeness (QED) is 0.0514. The highest BCUT2D eigenvalue weighted by Gasteiger charge is 2.27. The highest BCUT2D eigenvalue weighted by Crippen LogP contribution is 2.31. The Morgan fingerprint density at radius 3 is 1.80 bits per heavy atom. The van der Waals surface area contributed by atoms with Crippen LogP contribution in [0.25, 0.3) is 21.7 Å². The number of hydrogen-bond acceptors (Lipinski definition) is 13. The Labute approximate surface area is 286 Å². The van der Waals surface area contributed by atoms with E-state index in [2.05, 4.69) is 10.6 Å². The third-order valence-corrected chi connectivity index (χ3v) is 7.04. The maximum Gasteiger partial charge on any atom is 0.415 e. The van der Waals surface area contributed by atoms with E-state index in [-0.39, 0.29) is 24.7 Å². The van der Waals surface area contributed by atoms with E-state index in [0.29, 0.717) is 27.9 Å². The van der Waals surface area contributed by atoms with Crippen LogP contribution in [0, 0.1) is 10.8 Å². The van der Waals surface area contributed by atoms with Crippen molar-refractivity contribution in [3.63, 3.8) is 0 Å². The lowest BCUT2D eigenvalue weighted by Gasteiger charge is -2.15. The van der Waals surface area contributed by atoms with E-state index in [4.69, 9.17) is 38.9 Å². The van der Waals surface area contributed by atoms with E-state index >= 15 is 0 Å². The zero-order valence-corrected chi connectivity index (χ0v) is 27.9. The lowest BCUT2D eigenvalue weighted by molar-refractivity contribution is -0.163. The van der Waals surface area contributed by atoms with E-state index in [1.165, 1.54) is 27.7 Å². The van der Waals surface area contributed by atoms with Crippen LogP contribution in [0.4, 0.5) is 9.59 Å². The molecule has 262 valence electrons. The summed E-state index contributed by atoms with van der Waals surface area (Å²) in [6.45, 7) is 6.93. The molecular weight excluding hydrogens is 652 g/mol. The van der Waals surface area contributed by atoms with Crippen molar-refractivity contribution in [3.8, 4) is 0 Å². The summed E-state index contributed by atoms with van der Waals surface area (Å²) in [4.78, 5) is 59.6. The Balaban J connectivity index is 1.52. The van der Waals surface area contributed by atoms with Gasteiger partial charge in [0.15, 0.2) is 0 Å². The van der Waals surface area contributed by atoms with E-state index < -0.39 is 48.6 Å². The van der Waals surface area contributed by atoms with Gasteiger partial charge in [-0.15, -0.1) is 0 Å². The van der Waals surface area contributed by atoms with Crippen molar-refractivity contribution in [2.24, 2.45) is 0 Å². The predicted molar refractivity (Wildman–Crippen MR) is 179 cm³/mol. The first-order valence-corrected chi connectivity index (χ1v) is 15.4. The first-order chi connectivity index (χ1) is 23.7. The number of fused-ring (bicyclic) bond motifs is 2. The fourth-order valence-electron chi connectivity index (χ4n) is 4.97. The standard InChI is InChI=1S/C35H36N4O11/c1-6-45-33(42)28(30-17-27-16-25(11-12-29(27)50-30)32(37)39-35(44)49-21(5)47-19(3)41)14-22-7-8-23-9-10-24(15-26(23)13-22)31(36)38-34(43)48-20(4)46-18(2)40/h7-13,15-17,20-21,28H,6,14H2,1-5H3,(H2,36,38,43)(H2,37,39,44). The van der Waals surface area contributed by atoms with Gasteiger partial charge in [-0.2, -0.15) is 0 Å². The second kappa shape index (κ2) is 16.2. The molecule has 2 amide bonds. The average Bonchev–Trinajstić information content (AvgIpc) is 3.45. The van der Waals surface area contributed by atoms with Crippen molar-refractivity contribution in [1.82, 2.24) is 10.6 Å². The van der Waals surface area contributed by atoms with Gasteiger partial charge in [-0.25, -0.2) is 9.59 Å². The number of benzene rings is 3. The van der Waals surface area contributed by atoms with Crippen LogP contribution in [-0.2, 0) is 44.5 Å². The van der Waals surface area contributed by atoms with Crippen molar-refractivity contribution in [2.75, 3.05) is 6.61 Å². The first-order valence-electron chi connectivity index (χ1n) is 15.4. The number of ether oxygens (including phenoxy) is 5. The Bertz CT molecular complexity index is 1970. The number of amides is 2. The Kier molecular flexibility index (Phi) is 11.9. The van der Waals surface area contributed by atoms with E-state index in [1.807, 2.05) is 18.2 Å². The predicted octanol–water partition coefficient (Wildman–Crippen LogP) is 5.40. The highest BCUT2D eigenvalue weighted by molar-refractivity contribution is 6.07. The molecule has 0 fully saturated rings.